The highest BCUT2D eigenvalue weighted by Gasteiger charge is 2.30. The molecule has 7 N–H and O–H groups in total. The van der Waals surface area contributed by atoms with Gasteiger partial charge in [-0.2, -0.15) is 25.3 Å². The first kappa shape index (κ1) is 29.8. The Balaban J connectivity index is 2.51. The van der Waals surface area contributed by atoms with Gasteiger partial charge in [0.1, 0.15) is 21.2 Å². The molecule has 0 saturated carbocycles. The molecule has 3 aromatic rings. The molecule has 0 aliphatic heterocycles. The van der Waals surface area contributed by atoms with E-state index in [0.29, 0.717) is 12.1 Å². The SMILES string of the molecule is CNCC(=O)c1cc(S(=O)(=O)O)cc2c(N)c(S(=O)(=O)O)c(N=Nc3ccc(OC)cc3S(=O)(=O)O)c(O)c12. The summed E-state index contributed by atoms with van der Waals surface area (Å²) in [6.07, 6.45) is 0. The highest BCUT2D eigenvalue weighted by Crippen LogP contribution is 2.48. The number of hydrogen-bond acceptors (Lipinski definition) is 13. The second-order valence-electron chi connectivity index (χ2n) is 7.75. The molecular formula is C20H20N4O12S3. The van der Waals surface area contributed by atoms with Crippen molar-refractivity contribution >= 4 is 64.0 Å². The number of carbonyl (C=O) groups is 1. The number of ketones is 1. The molecule has 0 amide bonds. The maximum atomic E-state index is 12.8. The number of benzene rings is 3. The van der Waals surface area contributed by atoms with Crippen LogP contribution in [0.3, 0.4) is 0 Å². The zero-order chi connectivity index (χ0) is 29.5. The first-order valence-electron chi connectivity index (χ1n) is 10.2. The molecule has 16 nitrogen and oxygen atoms in total. The fourth-order valence-corrected chi connectivity index (χ4v) is 5.49. The number of phenols is 1. The van der Waals surface area contributed by atoms with Crippen molar-refractivity contribution < 1.29 is 53.5 Å². The van der Waals surface area contributed by atoms with E-state index in [9.17, 15) is 48.8 Å². The van der Waals surface area contributed by atoms with E-state index < -0.39 is 96.5 Å². The molecule has 39 heavy (non-hydrogen) atoms. The van der Waals surface area contributed by atoms with E-state index in [-0.39, 0.29) is 5.75 Å². The first-order valence-corrected chi connectivity index (χ1v) is 14.6. The van der Waals surface area contributed by atoms with E-state index in [1.165, 1.54) is 20.2 Å². The average Bonchev–Trinajstić information content (AvgIpc) is 2.82. The summed E-state index contributed by atoms with van der Waals surface area (Å²) in [6.45, 7) is -0.413. The van der Waals surface area contributed by atoms with Crippen molar-refractivity contribution in [3.63, 3.8) is 0 Å². The standard InChI is InChI=1S/C20H20N4O12S3/c1-22-8-14(25)11-6-10(37(27,28)29)7-12-16(11)19(26)18(20(17(12)21)39(33,34)35)24-23-13-4-3-9(36-2)5-15(13)38(30,31)32/h3-7,22,26H,8,21H2,1-2H3,(H,27,28,29)(H,30,31,32)(H,33,34,35). The molecule has 0 aliphatic rings. The minimum atomic E-state index is -5.36. The van der Waals surface area contributed by atoms with Gasteiger partial charge in [0, 0.05) is 22.4 Å². The normalized spacial score (nSPS) is 12.7. The number of nitrogen functional groups attached to an aromatic ring is 1. The molecule has 0 spiro atoms. The van der Waals surface area contributed by atoms with Gasteiger partial charge in [0.2, 0.25) is 0 Å². The molecule has 0 atom stereocenters. The third-order valence-electron chi connectivity index (χ3n) is 5.22. The van der Waals surface area contributed by atoms with E-state index in [1.807, 2.05) is 0 Å². The number of nitrogens with one attached hydrogen (secondary N) is 1. The van der Waals surface area contributed by atoms with Gasteiger partial charge < -0.3 is 20.9 Å². The Morgan fingerprint density at radius 3 is 2.13 bits per heavy atom. The molecule has 0 aromatic heterocycles. The van der Waals surface area contributed by atoms with Crippen LogP contribution in [0, 0.1) is 0 Å². The van der Waals surface area contributed by atoms with E-state index in [0.717, 1.165) is 12.1 Å². The number of azo groups is 1. The fraction of sp³-hybridized carbons (Fsp3) is 0.150. The summed E-state index contributed by atoms with van der Waals surface area (Å²) >= 11 is 0. The average molecular weight is 605 g/mol. The quantitative estimate of drug-likeness (QED) is 0.0667. The molecule has 0 radical (unpaired) electrons. The topological polar surface area (TPSA) is 272 Å². The van der Waals surface area contributed by atoms with Crippen molar-refractivity contribution in [3.05, 3.63) is 35.9 Å². The largest absolute Gasteiger partial charge is 0.505 e. The number of phenolic OH excluding ortho intramolecular Hbond substituents is 1. The summed E-state index contributed by atoms with van der Waals surface area (Å²) in [6, 6.07) is 4.45. The number of carbonyl (C=O) groups excluding carboxylic acids is 1. The van der Waals surface area contributed by atoms with Gasteiger partial charge in [0.15, 0.2) is 17.2 Å². The number of Topliss-reactive ketones (excluding diaryl/α,β-unsaturated/α-hetero) is 1. The zero-order valence-electron chi connectivity index (χ0n) is 19.8. The maximum absolute atomic E-state index is 12.8. The number of rotatable bonds is 9. The van der Waals surface area contributed by atoms with Crippen molar-refractivity contribution in [1.82, 2.24) is 5.32 Å². The lowest BCUT2D eigenvalue weighted by Crippen LogP contribution is -2.19. The first-order chi connectivity index (χ1) is 17.9. The zero-order valence-corrected chi connectivity index (χ0v) is 22.3. The number of likely N-dealkylation sites (N-methyl/N-ethyl adjacent to an activating group) is 1. The summed E-state index contributed by atoms with van der Waals surface area (Å²) in [4.78, 5) is 9.78. The lowest BCUT2D eigenvalue weighted by molar-refractivity contribution is 0.0994. The van der Waals surface area contributed by atoms with Crippen molar-refractivity contribution in [2.24, 2.45) is 10.2 Å². The van der Waals surface area contributed by atoms with Crippen molar-refractivity contribution in [1.29, 1.82) is 0 Å². The number of methoxy groups -OCH3 is 1. The molecule has 0 fully saturated rings. The Kier molecular flexibility index (Phi) is 7.99. The molecular weight excluding hydrogens is 584 g/mol. The summed E-state index contributed by atoms with van der Waals surface area (Å²) in [5.74, 6) is -1.98. The molecule has 0 bridgehead atoms. The van der Waals surface area contributed by atoms with Gasteiger partial charge in [0.05, 0.1) is 24.2 Å². The van der Waals surface area contributed by atoms with Crippen molar-refractivity contribution in [2.75, 3.05) is 26.4 Å². The van der Waals surface area contributed by atoms with Crippen molar-refractivity contribution in [3.8, 4) is 11.5 Å². The number of anilines is 1. The molecule has 0 saturated heterocycles. The fourth-order valence-electron chi connectivity index (χ4n) is 3.55. The number of fused-ring (bicyclic) bond motifs is 1. The molecule has 0 heterocycles. The van der Waals surface area contributed by atoms with Crippen LogP contribution in [-0.4, -0.2) is 70.5 Å². The van der Waals surface area contributed by atoms with Crippen LogP contribution in [0.25, 0.3) is 10.8 Å². The molecule has 0 aliphatic carbocycles. The van der Waals surface area contributed by atoms with E-state index >= 15 is 0 Å². The summed E-state index contributed by atoms with van der Waals surface area (Å²) in [5, 5.41) is 19.6. The third-order valence-corrected chi connectivity index (χ3v) is 7.86. The number of nitrogens with two attached hydrogens (primary N) is 1. The van der Waals surface area contributed by atoms with Crippen LogP contribution in [0.4, 0.5) is 17.1 Å². The van der Waals surface area contributed by atoms with Crippen LogP contribution in [-0.2, 0) is 30.4 Å². The minimum absolute atomic E-state index is 0.0136. The summed E-state index contributed by atoms with van der Waals surface area (Å²) in [7, 11) is -12.7. The lowest BCUT2D eigenvalue weighted by atomic mass is 9.98. The van der Waals surface area contributed by atoms with Crippen LogP contribution >= 0.6 is 0 Å². The summed E-state index contributed by atoms with van der Waals surface area (Å²) in [5.41, 5.74) is 2.87. The predicted octanol–water partition coefficient (Wildman–Crippen LogP) is 1.69. The number of aromatic hydroxyl groups is 1. The maximum Gasteiger partial charge on any atom is 0.298 e. The molecule has 3 aromatic carbocycles. The Labute approximate surface area is 221 Å². The van der Waals surface area contributed by atoms with Crippen LogP contribution < -0.4 is 15.8 Å². The van der Waals surface area contributed by atoms with Crippen LogP contribution in [0.1, 0.15) is 10.4 Å². The third kappa shape index (κ3) is 5.98. The van der Waals surface area contributed by atoms with E-state index in [1.54, 1.807) is 0 Å². The molecule has 19 heteroatoms. The molecule has 210 valence electrons. The van der Waals surface area contributed by atoms with Gasteiger partial charge in [-0.25, -0.2) is 0 Å². The number of ether oxygens (including phenoxy) is 1. The van der Waals surface area contributed by atoms with E-state index in [4.69, 9.17) is 10.5 Å². The van der Waals surface area contributed by atoms with Crippen LogP contribution in [0.15, 0.2) is 55.2 Å². The molecule has 0 unspecified atom stereocenters. The number of hydrogen-bond donors (Lipinski definition) is 6. The van der Waals surface area contributed by atoms with Gasteiger partial charge in [-0.1, -0.05) is 0 Å². The monoisotopic (exact) mass is 604 g/mol. The predicted molar refractivity (Wildman–Crippen MR) is 135 cm³/mol. The second kappa shape index (κ2) is 10.4. The highest BCUT2D eigenvalue weighted by molar-refractivity contribution is 7.86. The van der Waals surface area contributed by atoms with Gasteiger partial charge in [-0.3, -0.25) is 18.5 Å². The smallest absolute Gasteiger partial charge is 0.298 e. The Bertz CT molecular complexity index is 1870. The second-order valence-corrected chi connectivity index (χ2v) is 11.9. The molecule has 3 rings (SSSR count). The minimum Gasteiger partial charge on any atom is -0.505 e. The van der Waals surface area contributed by atoms with Gasteiger partial charge in [0.25, 0.3) is 30.4 Å². The Hall–Kier alpha value is -3.72. The van der Waals surface area contributed by atoms with Crippen LogP contribution in [0.2, 0.25) is 0 Å². The van der Waals surface area contributed by atoms with Gasteiger partial charge in [-0.15, -0.1) is 10.2 Å². The Morgan fingerprint density at radius 1 is 0.974 bits per heavy atom. The lowest BCUT2D eigenvalue weighted by Gasteiger charge is -2.16. The van der Waals surface area contributed by atoms with Crippen molar-refractivity contribution in [2.45, 2.75) is 14.7 Å². The Morgan fingerprint density at radius 2 is 1.62 bits per heavy atom. The van der Waals surface area contributed by atoms with Gasteiger partial charge >= 0.3 is 0 Å². The van der Waals surface area contributed by atoms with E-state index in [2.05, 4.69) is 15.5 Å². The highest BCUT2D eigenvalue weighted by atomic mass is 32.2. The van der Waals surface area contributed by atoms with Crippen LogP contribution in [0.5, 0.6) is 11.5 Å². The van der Waals surface area contributed by atoms with Gasteiger partial charge in [-0.05, 0) is 31.3 Å². The summed E-state index contributed by atoms with van der Waals surface area (Å²) < 4.78 is 106. The number of nitrogens with zero attached hydrogens (tertiary/aromatic N) is 2.